The van der Waals surface area contributed by atoms with Crippen molar-refractivity contribution in [1.29, 1.82) is 0 Å². The summed E-state index contributed by atoms with van der Waals surface area (Å²) in [6, 6.07) is 18.8. The molecule has 1 amide bonds. The Kier molecular flexibility index (Phi) is 7.08. The van der Waals surface area contributed by atoms with Gasteiger partial charge in [0.1, 0.15) is 11.5 Å². The summed E-state index contributed by atoms with van der Waals surface area (Å²) >= 11 is 0. The third-order valence-electron chi connectivity index (χ3n) is 6.09. The maximum Gasteiger partial charge on any atom is 0.211 e. The van der Waals surface area contributed by atoms with Crippen LogP contribution in [-0.2, 0) is 11.3 Å². The molecule has 0 fully saturated rings. The van der Waals surface area contributed by atoms with E-state index >= 15 is 0 Å². The normalized spacial score (nSPS) is 13.1. The van der Waals surface area contributed by atoms with Crippen LogP contribution in [0.2, 0.25) is 0 Å². The summed E-state index contributed by atoms with van der Waals surface area (Å²) in [5.41, 5.74) is 7.69. The molecule has 2 N–H and O–H groups in total. The maximum atomic E-state index is 12.8. The number of rotatable bonds is 6. The highest BCUT2D eigenvalue weighted by atomic mass is 19.1. The standard InChI is InChI=1S/C18H18N4O.C10H10FN/c1-13(21-12-23)18(19-2)15-8-6-14(7-9-15)16-11-20-17-5-3-4-10-22(16)17;1-7-10-5-9(11)4-3-8(10)6-12(7)2/h3-12,18-19H,1H2,2H3,(H,21,23);3-5H,1,6H2,2H3. The Morgan fingerprint density at radius 2 is 1.94 bits per heavy atom. The predicted octanol–water partition coefficient (Wildman–Crippen LogP) is 4.76. The molecule has 0 saturated carbocycles. The first-order chi connectivity index (χ1) is 16.9. The quantitative estimate of drug-likeness (QED) is 0.400. The van der Waals surface area contributed by atoms with Gasteiger partial charge < -0.3 is 15.5 Å². The zero-order chi connectivity index (χ0) is 24.9. The van der Waals surface area contributed by atoms with Gasteiger partial charge in [-0.1, -0.05) is 49.6 Å². The molecule has 6 nitrogen and oxygen atoms in total. The number of fused-ring (bicyclic) bond motifs is 2. The van der Waals surface area contributed by atoms with Crippen molar-refractivity contribution in [2.24, 2.45) is 0 Å². The first-order valence-electron chi connectivity index (χ1n) is 11.2. The molecule has 0 radical (unpaired) electrons. The maximum absolute atomic E-state index is 12.8. The van der Waals surface area contributed by atoms with E-state index in [1.807, 2.05) is 79.9 Å². The van der Waals surface area contributed by atoms with Gasteiger partial charge in [0.05, 0.1) is 17.9 Å². The highest BCUT2D eigenvalue weighted by molar-refractivity contribution is 5.68. The Labute approximate surface area is 204 Å². The lowest BCUT2D eigenvalue weighted by Gasteiger charge is -2.18. The molecule has 1 unspecified atom stereocenters. The smallest absolute Gasteiger partial charge is 0.211 e. The molecule has 0 bridgehead atoms. The Bertz CT molecular complexity index is 1380. The van der Waals surface area contributed by atoms with Gasteiger partial charge in [-0.2, -0.15) is 0 Å². The van der Waals surface area contributed by atoms with Crippen LogP contribution in [0.5, 0.6) is 0 Å². The van der Waals surface area contributed by atoms with Gasteiger partial charge in [-0.05, 0) is 42.4 Å². The van der Waals surface area contributed by atoms with Crippen LogP contribution in [0.1, 0.15) is 22.7 Å². The molecule has 2 aromatic carbocycles. The van der Waals surface area contributed by atoms with E-state index in [4.69, 9.17) is 0 Å². The molecule has 1 atom stereocenters. The molecule has 3 heterocycles. The fourth-order valence-electron chi connectivity index (χ4n) is 4.21. The van der Waals surface area contributed by atoms with Crippen molar-refractivity contribution in [3.63, 3.8) is 0 Å². The molecular formula is C28H28FN5O. The van der Waals surface area contributed by atoms with E-state index in [0.717, 1.165) is 45.8 Å². The van der Waals surface area contributed by atoms with Crippen molar-refractivity contribution in [2.45, 2.75) is 12.6 Å². The topological polar surface area (TPSA) is 61.7 Å². The Morgan fingerprint density at radius 3 is 2.66 bits per heavy atom. The lowest BCUT2D eigenvalue weighted by Crippen LogP contribution is -2.25. The van der Waals surface area contributed by atoms with Gasteiger partial charge in [0, 0.05) is 42.3 Å². The molecule has 178 valence electrons. The van der Waals surface area contributed by atoms with Gasteiger partial charge in [-0.15, -0.1) is 0 Å². The van der Waals surface area contributed by atoms with E-state index in [9.17, 15) is 9.18 Å². The first kappa shape index (κ1) is 23.9. The van der Waals surface area contributed by atoms with Crippen LogP contribution in [0.15, 0.2) is 91.9 Å². The zero-order valence-electron chi connectivity index (χ0n) is 19.8. The average Bonchev–Trinajstić information content (AvgIpc) is 3.42. The second-order valence-electron chi connectivity index (χ2n) is 8.31. The number of aromatic nitrogens is 2. The highest BCUT2D eigenvalue weighted by Gasteiger charge is 2.19. The van der Waals surface area contributed by atoms with Crippen molar-refractivity contribution in [3.05, 3.63) is 114 Å². The fraction of sp³-hybridized carbons (Fsp3) is 0.143. The minimum absolute atomic E-state index is 0.128. The highest BCUT2D eigenvalue weighted by Crippen LogP contribution is 2.30. The Balaban J connectivity index is 0.000000201. The third kappa shape index (κ3) is 5.00. The molecule has 1 aliphatic rings. The summed E-state index contributed by atoms with van der Waals surface area (Å²) in [5, 5.41) is 5.76. The molecule has 1 aliphatic heterocycles. The van der Waals surface area contributed by atoms with E-state index < -0.39 is 0 Å². The van der Waals surface area contributed by atoms with Crippen LogP contribution < -0.4 is 10.6 Å². The Hall–Kier alpha value is -4.23. The monoisotopic (exact) mass is 469 g/mol. The molecule has 0 saturated heterocycles. The number of pyridine rings is 1. The lowest BCUT2D eigenvalue weighted by molar-refractivity contribution is -0.109. The first-order valence-corrected chi connectivity index (χ1v) is 11.2. The van der Waals surface area contributed by atoms with E-state index in [0.29, 0.717) is 12.1 Å². The third-order valence-corrected chi connectivity index (χ3v) is 6.09. The van der Waals surface area contributed by atoms with Crippen LogP contribution in [0.25, 0.3) is 22.6 Å². The summed E-state index contributed by atoms with van der Waals surface area (Å²) in [5.74, 6) is -0.190. The molecule has 7 heteroatoms. The number of amides is 1. The van der Waals surface area contributed by atoms with Gasteiger partial charge in [0.15, 0.2) is 0 Å². The molecule has 35 heavy (non-hydrogen) atoms. The average molecular weight is 470 g/mol. The van der Waals surface area contributed by atoms with Gasteiger partial charge in [-0.3, -0.25) is 9.20 Å². The van der Waals surface area contributed by atoms with Crippen LogP contribution in [0, 0.1) is 5.82 Å². The number of carbonyl (C=O) groups is 1. The van der Waals surface area contributed by atoms with Crippen molar-refractivity contribution in [2.75, 3.05) is 14.1 Å². The number of imidazole rings is 1. The predicted molar refractivity (Wildman–Crippen MR) is 138 cm³/mol. The molecule has 2 aromatic heterocycles. The van der Waals surface area contributed by atoms with Gasteiger partial charge in [-0.25, -0.2) is 9.37 Å². The van der Waals surface area contributed by atoms with Crippen molar-refractivity contribution in [1.82, 2.24) is 24.9 Å². The molecule has 0 aliphatic carbocycles. The van der Waals surface area contributed by atoms with Gasteiger partial charge in [0.2, 0.25) is 6.41 Å². The molecule has 4 aromatic rings. The van der Waals surface area contributed by atoms with E-state index in [1.165, 1.54) is 6.07 Å². The lowest BCUT2D eigenvalue weighted by atomic mass is 10.0. The fourth-order valence-corrected chi connectivity index (χ4v) is 4.21. The number of hydrogen-bond donors (Lipinski definition) is 2. The summed E-state index contributed by atoms with van der Waals surface area (Å²) in [7, 11) is 3.79. The molecule has 0 spiro atoms. The summed E-state index contributed by atoms with van der Waals surface area (Å²) < 4.78 is 14.9. The second kappa shape index (κ2) is 10.4. The van der Waals surface area contributed by atoms with Crippen molar-refractivity contribution in [3.8, 4) is 11.3 Å². The number of nitrogens with zero attached hydrogens (tertiary/aromatic N) is 3. The van der Waals surface area contributed by atoms with Crippen LogP contribution in [0.3, 0.4) is 0 Å². The molecule has 5 rings (SSSR count). The number of nitrogens with one attached hydrogen (secondary N) is 2. The SMILES string of the molecule is C=C(NC=O)C(NC)c1ccc(-c2cnc3ccccn23)cc1.C=C1c2cc(F)ccc2CN1C. The van der Waals surface area contributed by atoms with Crippen molar-refractivity contribution < 1.29 is 9.18 Å². The number of carbonyl (C=O) groups excluding carboxylic acids is 1. The largest absolute Gasteiger partial charge is 0.370 e. The van der Waals surface area contributed by atoms with Gasteiger partial charge >= 0.3 is 0 Å². The number of hydrogen-bond acceptors (Lipinski definition) is 4. The van der Waals surface area contributed by atoms with Crippen LogP contribution >= 0.6 is 0 Å². The van der Waals surface area contributed by atoms with Crippen molar-refractivity contribution >= 4 is 17.8 Å². The summed E-state index contributed by atoms with van der Waals surface area (Å²) in [6.45, 7) is 8.60. The summed E-state index contributed by atoms with van der Waals surface area (Å²) in [4.78, 5) is 17.0. The van der Waals surface area contributed by atoms with Crippen LogP contribution in [0.4, 0.5) is 4.39 Å². The minimum Gasteiger partial charge on any atom is -0.370 e. The van der Waals surface area contributed by atoms with E-state index in [-0.39, 0.29) is 11.9 Å². The number of benzene rings is 2. The number of halogens is 1. The van der Waals surface area contributed by atoms with E-state index in [1.54, 1.807) is 6.07 Å². The second-order valence-corrected chi connectivity index (χ2v) is 8.31. The molecular weight excluding hydrogens is 441 g/mol. The van der Waals surface area contributed by atoms with Gasteiger partial charge in [0.25, 0.3) is 0 Å². The zero-order valence-corrected chi connectivity index (χ0v) is 19.8. The van der Waals surface area contributed by atoms with E-state index in [2.05, 4.69) is 33.2 Å². The Morgan fingerprint density at radius 1 is 1.17 bits per heavy atom. The summed E-state index contributed by atoms with van der Waals surface area (Å²) in [6.07, 6.45) is 4.50. The minimum atomic E-state index is -0.190. The number of likely N-dealkylation sites (N-methyl/N-ethyl adjacent to an activating group) is 1. The van der Waals surface area contributed by atoms with Crippen LogP contribution in [-0.4, -0.2) is 34.8 Å².